The molecule has 0 spiro atoms. The van der Waals surface area contributed by atoms with Crippen molar-refractivity contribution >= 4 is 17.5 Å². The summed E-state index contributed by atoms with van der Waals surface area (Å²) < 4.78 is 10.9. The minimum Gasteiger partial charge on any atom is -0.489 e. The molecule has 0 saturated carbocycles. The molecule has 6 heteroatoms. The van der Waals surface area contributed by atoms with Crippen LogP contribution >= 0.6 is 0 Å². The molecule has 0 atom stereocenters. The van der Waals surface area contributed by atoms with E-state index in [0.717, 1.165) is 39.4 Å². The van der Waals surface area contributed by atoms with Crippen molar-refractivity contribution in [1.82, 2.24) is 0 Å². The number of ether oxygens (including phenoxy) is 2. The van der Waals surface area contributed by atoms with Crippen LogP contribution in [-0.4, -0.2) is 32.6 Å². The number of carbonyl (C=O) groups is 1. The summed E-state index contributed by atoms with van der Waals surface area (Å²) in [5.41, 5.74) is 5.45. The van der Waals surface area contributed by atoms with Crippen molar-refractivity contribution < 1.29 is 19.1 Å². The highest BCUT2D eigenvalue weighted by atomic mass is 16.6. The Balaban J connectivity index is 2.20. The number of anilines is 1. The van der Waals surface area contributed by atoms with Gasteiger partial charge in [0.15, 0.2) is 0 Å². The number of oxime groups is 1. The normalized spacial score (nSPS) is 11.0. The van der Waals surface area contributed by atoms with Gasteiger partial charge in [-0.3, -0.25) is 4.90 Å². The third-order valence-electron chi connectivity index (χ3n) is 4.49. The van der Waals surface area contributed by atoms with Crippen molar-refractivity contribution in [1.29, 1.82) is 0 Å². The molecular formula is C23H28N2O4. The summed E-state index contributed by atoms with van der Waals surface area (Å²) in [5, 5.41) is 4.12. The predicted octanol–water partition coefficient (Wildman–Crippen LogP) is 5.01. The first-order valence-electron chi connectivity index (χ1n) is 9.30. The molecule has 0 aliphatic heterocycles. The number of rotatable bonds is 8. The summed E-state index contributed by atoms with van der Waals surface area (Å²) in [5.74, 6) is 0.779. The second-order valence-electron chi connectivity index (χ2n) is 6.64. The average Bonchev–Trinajstić information content (AvgIpc) is 2.73. The molecule has 29 heavy (non-hydrogen) atoms. The molecule has 0 heterocycles. The van der Waals surface area contributed by atoms with Crippen molar-refractivity contribution in [2.24, 2.45) is 5.16 Å². The fourth-order valence-electron chi connectivity index (χ4n) is 2.92. The van der Waals surface area contributed by atoms with Gasteiger partial charge in [-0.15, -0.1) is 0 Å². The minimum absolute atomic E-state index is 0.326. The van der Waals surface area contributed by atoms with Gasteiger partial charge < -0.3 is 14.3 Å². The Hall–Kier alpha value is -3.28. The van der Waals surface area contributed by atoms with E-state index in [-0.39, 0.29) is 0 Å². The van der Waals surface area contributed by atoms with E-state index in [2.05, 4.69) is 11.7 Å². The van der Waals surface area contributed by atoms with E-state index < -0.39 is 6.09 Å². The Kier molecular flexibility index (Phi) is 7.83. The highest BCUT2D eigenvalue weighted by Crippen LogP contribution is 2.27. The third-order valence-corrected chi connectivity index (χ3v) is 4.49. The van der Waals surface area contributed by atoms with Crippen LogP contribution < -0.4 is 9.64 Å². The van der Waals surface area contributed by atoms with Crippen LogP contribution in [0.15, 0.2) is 54.2 Å². The van der Waals surface area contributed by atoms with Gasteiger partial charge in [-0.1, -0.05) is 36.0 Å². The third kappa shape index (κ3) is 5.60. The van der Waals surface area contributed by atoms with Crippen molar-refractivity contribution in [3.8, 4) is 5.75 Å². The van der Waals surface area contributed by atoms with Crippen LogP contribution in [0.25, 0.3) is 0 Å². The molecule has 154 valence electrons. The zero-order chi connectivity index (χ0) is 21.4. The second-order valence-corrected chi connectivity index (χ2v) is 6.64. The molecule has 0 aliphatic rings. The molecule has 0 N–H and O–H groups in total. The van der Waals surface area contributed by atoms with Gasteiger partial charge in [0.1, 0.15) is 19.0 Å². The Morgan fingerprint density at radius 2 is 1.93 bits per heavy atom. The molecule has 2 aromatic carbocycles. The average molecular weight is 396 g/mol. The molecule has 0 unspecified atom stereocenters. The van der Waals surface area contributed by atoms with Gasteiger partial charge in [0, 0.05) is 18.2 Å². The summed E-state index contributed by atoms with van der Waals surface area (Å²) in [4.78, 5) is 18.5. The molecule has 0 saturated heterocycles. The van der Waals surface area contributed by atoms with Gasteiger partial charge in [-0.25, -0.2) is 4.79 Å². The number of carbonyl (C=O) groups excluding carboxylic acids is 1. The highest BCUT2D eigenvalue weighted by Gasteiger charge is 2.15. The van der Waals surface area contributed by atoms with Crippen molar-refractivity contribution in [3.63, 3.8) is 0 Å². The summed E-state index contributed by atoms with van der Waals surface area (Å²) >= 11 is 0. The number of para-hydroxylation sites is 1. The standard InChI is InChI=1S/C23H28N2O4/c1-7-12-29-24-18(4)20-13-17(3)22(14-16(20)2)28-15-19-10-8-9-11-21(19)25(5)23(26)27-6/h7-11,13-14H,1,12,15H2,2-6H3/b24-18+. The number of hydrogen-bond acceptors (Lipinski definition) is 5. The van der Waals surface area contributed by atoms with E-state index in [4.69, 9.17) is 14.3 Å². The topological polar surface area (TPSA) is 60.4 Å². The number of aryl methyl sites for hydroxylation is 2. The zero-order valence-electron chi connectivity index (χ0n) is 17.7. The fraction of sp³-hybridized carbons (Fsp3) is 0.304. The fourth-order valence-corrected chi connectivity index (χ4v) is 2.92. The van der Waals surface area contributed by atoms with Crippen LogP contribution in [-0.2, 0) is 16.2 Å². The Morgan fingerprint density at radius 3 is 2.62 bits per heavy atom. The van der Waals surface area contributed by atoms with Gasteiger partial charge in [0.2, 0.25) is 0 Å². The molecule has 0 aromatic heterocycles. The van der Waals surface area contributed by atoms with Gasteiger partial charge in [-0.2, -0.15) is 0 Å². The first kappa shape index (κ1) is 22.0. The Labute approximate surface area is 172 Å². The monoisotopic (exact) mass is 396 g/mol. The molecule has 0 bridgehead atoms. The number of nitrogens with zero attached hydrogens (tertiary/aromatic N) is 2. The van der Waals surface area contributed by atoms with E-state index >= 15 is 0 Å². The molecule has 0 fully saturated rings. The van der Waals surface area contributed by atoms with E-state index in [0.29, 0.717) is 13.2 Å². The second kappa shape index (κ2) is 10.3. The Morgan fingerprint density at radius 1 is 1.21 bits per heavy atom. The summed E-state index contributed by atoms with van der Waals surface area (Å²) in [6, 6.07) is 11.6. The van der Waals surface area contributed by atoms with Gasteiger partial charge in [0.05, 0.1) is 18.5 Å². The van der Waals surface area contributed by atoms with Crippen molar-refractivity contribution in [3.05, 3.63) is 71.3 Å². The number of methoxy groups -OCH3 is 1. The first-order chi connectivity index (χ1) is 13.9. The van der Waals surface area contributed by atoms with Crippen LogP contribution in [0.3, 0.4) is 0 Å². The molecule has 2 aromatic rings. The van der Waals surface area contributed by atoms with Crippen molar-refractivity contribution in [2.45, 2.75) is 27.4 Å². The predicted molar refractivity (Wildman–Crippen MR) is 116 cm³/mol. The molecule has 0 radical (unpaired) electrons. The largest absolute Gasteiger partial charge is 0.489 e. The molecule has 1 amide bonds. The zero-order valence-corrected chi connectivity index (χ0v) is 17.7. The lowest BCUT2D eigenvalue weighted by Crippen LogP contribution is -2.27. The number of benzene rings is 2. The van der Waals surface area contributed by atoms with E-state index in [1.807, 2.05) is 57.2 Å². The van der Waals surface area contributed by atoms with Gasteiger partial charge in [0.25, 0.3) is 0 Å². The van der Waals surface area contributed by atoms with E-state index in [9.17, 15) is 4.79 Å². The molecule has 2 rings (SSSR count). The SMILES string of the molecule is C=CCO/N=C(\C)c1cc(C)c(OCc2ccccc2N(C)C(=O)OC)cc1C. The van der Waals surface area contributed by atoms with Crippen molar-refractivity contribution in [2.75, 3.05) is 25.7 Å². The van der Waals surface area contributed by atoms with Gasteiger partial charge in [-0.05, 0) is 50.1 Å². The maximum Gasteiger partial charge on any atom is 0.413 e. The van der Waals surface area contributed by atoms with E-state index in [1.54, 1.807) is 13.1 Å². The molecular weight excluding hydrogens is 368 g/mol. The van der Waals surface area contributed by atoms with Crippen LogP contribution in [0, 0.1) is 13.8 Å². The lowest BCUT2D eigenvalue weighted by molar-refractivity contribution is 0.175. The van der Waals surface area contributed by atoms with Crippen LogP contribution in [0.5, 0.6) is 5.75 Å². The quantitative estimate of drug-likeness (QED) is 0.272. The highest BCUT2D eigenvalue weighted by molar-refractivity contribution is 6.00. The molecule has 0 aliphatic carbocycles. The molecule has 6 nitrogen and oxygen atoms in total. The maximum atomic E-state index is 11.9. The summed E-state index contributed by atoms with van der Waals surface area (Å²) in [6.45, 7) is 10.2. The van der Waals surface area contributed by atoms with E-state index in [1.165, 1.54) is 12.0 Å². The minimum atomic E-state index is -0.428. The van der Waals surface area contributed by atoms with Crippen LogP contribution in [0.1, 0.15) is 29.2 Å². The van der Waals surface area contributed by atoms with Crippen LogP contribution in [0.2, 0.25) is 0 Å². The number of amides is 1. The maximum absolute atomic E-state index is 11.9. The Bertz CT molecular complexity index is 906. The first-order valence-corrected chi connectivity index (χ1v) is 9.30. The van der Waals surface area contributed by atoms with Crippen LogP contribution in [0.4, 0.5) is 10.5 Å². The smallest absolute Gasteiger partial charge is 0.413 e. The lowest BCUT2D eigenvalue weighted by atomic mass is 10.0. The number of hydrogen-bond donors (Lipinski definition) is 0. The summed E-state index contributed by atoms with van der Waals surface area (Å²) in [6.07, 6.45) is 1.23. The summed E-state index contributed by atoms with van der Waals surface area (Å²) in [7, 11) is 3.03. The lowest BCUT2D eigenvalue weighted by Gasteiger charge is -2.20. The van der Waals surface area contributed by atoms with Gasteiger partial charge >= 0.3 is 6.09 Å².